The molecular formula is C12H13BrFNO. The van der Waals surface area contributed by atoms with Gasteiger partial charge in [-0.05, 0) is 47.3 Å². The Kier molecular flexibility index (Phi) is 3.28. The van der Waals surface area contributed by atoms with E-state index in [0.717, 1.165) is 31.5 Å². The van der Waals surface area contributed by atoms with E-state index >= 15 is 0 Å². The highest BCUT2D eigenvalue weighted by Gasteiger charge is 2.24. The minimum Gasteiger partial charge on any atom is -0.339 e. The van der Waals surface area contributed by atoms with Crippen LogP contribution in [0.3, 0.4) is 0 Å². The van der Waals surface area contributed by atoms with Gasteiger partial charge in [0.05, 0.1) is 5.56 Å². The molecule has 0 saturated carbocycles. The van der Waals surface area contributed by atoms with Crippen molar-refractivity contribution < 1.29 is 9.18 Å². The topological polar surface area (TPSA) is 20.3 Å². The summed E-state index contributed by atoms with van der Waals surface area (Å²) in [6.45, 7) is 3.32. The first kappa shape index (κ1) is 11.6. The number of likely N-dealkylation sites (tertiary alicyclic amines) is 1. The van der Waals surface area contributed by atoms with Gasteiger partial charge in [-0.25, -0.2) is 4.39 Å². The summed E-state index contributed by atoms with van der Waals surface area (Å²) in [5.74, 6) is -0.653. The monoisotopic (exact) mass is 285 g/mol. The minimum absolute atomic E-state index is 0.168. The molecule has 1 heterocycles. The average Bonchev–Trinajstić information content (AvgIpc) is 2.77. The van der Waals surface area contributed by atoms with Gasteiger partial charge in [0.15, 0.2) is 0 Å². The fourth-order valence-electron chi connectivity index (χ4n) is 1.93. The SMILES string of the molecule is Cc1ccc(F)c(C(=O)N2CCCC2)c1Br. The maximum atomic E-state index is 13.7. The molecule has 2 nitrogen and oxygen atoms in total. The zero-order valence-electron chi connectivity index (χ0n) is 9.09. The van der Waals surface area contributed by atoms with Crippen LogP contribution in [0.4, 0.5) is 4.39 Å². The summed E-state index contributed by atoms with van der Waals surface area (Å²) in [7, 11) is 0. The Bertz CT molecular complexity index is 427. The van der Waals surface area contributed by atoms with Gasteiger partial charge in [-0.1, -0.05) is 6.07 Å². The lowest BCUT2D eigenvalue weighted by Gasteiger charge is -2.17. The molecule has 0 aliphatic carbocycles. The van der Waals surface area contributed by atoms with E-state index in [0.29, 0.717) is 4.47 Å². The predicted molar refractivity (Wildman–Crippen MR) is 64.0 cm³/mol. The number of carbonyl (C=O) groups excluding carboxylic acids is 1. The van der Waals surface area contributed by atoms with Crippen molar-refractivity contribution in [1.82, 2.24) is 4.90 Å². The summed E-state index contributed by atoms with van der Waals surface area (Å²) < 4.78 is 14.2. The standard InChI is InChI=1S/C12H13BrFNO/c1-8-4-5-9(14)10(11(8)13)12(16)15-6-2-3-7-15/h4-5H,2-3,6-7H2,1H3. The van der Waals surface area contributed by atoms with E-state index < -0.39 is 5.82 Å². The number of amides is 1. The Hall–Kier alpha value is -0.900. The molecule has 1 amide bonds. The Morgan fingerprint density at radius 1 is 1.38 bits per heavy atom. The molecule has 0 atom stereocenters. The summed E-state index contributed by atoms with van der Waals surface area (Å²) in [6, 6.07) is 3.02. The van der Waals surface area contributed by atoms with Crippen molar-refractivity contribution >= 4 is 21.8 Å². The summed E-state index contributed by atoms with van der Waals surface area (Å²) in [5.41, 5.74) is 1.05. The molecule has 86 valence electrons. The molecule has 1 aliphatic rings. The lowest BCUT2D eigenvalue weighted by molar-refractivity contribution is 0.0787. The van der Waals surface area contributed by atoms with Crippen molar-refractivity contribution in [3.63, 3.8) is 0 Å². The average molecular weight is 286 g/mol. The number of benzene rings is 1. The molecule has 0 spiro atoms. The number of hydrogen-bond donors (Lipinski definition) is 0. The summed E-state index contributed by atoms with van der Waals surface area (Å²) >= 11 is 3.29. The fraction of sp³-hybridized carbons (Fsp3) is 0.417. The van der Waals surface area contributed by atoms with Crippen LogP contribution in [0.2, 0.25) is 0 Å². The first-order chi connectivity index (χ1) is 7.61. The second kappa shape index (κ2) is 4.53. The van der Waals surface area contributed by atoms with Crippen LogP contribution in [0.1, 0.15) is 28.8 Å². The molecule has 1 aliphatic heterocycles. The van der Waals surface area contributed by atoms with Gasteiger partial charge >= 0.3 is 0 Å². The number of aryl methyl sites for hydroxylation is 1. The van der Waals surface area contributed by atoms with E-state index in [9.17, 15) is 9.18 Å². The van der Waals surface area contributed by atoms with Crippen molar-refractivity contribution in [2.24, 2.45) is 0 Å². The third kappa shape index (κ3) is 1.98. The fourth-order valence-corrected chi connectivity index (χ4v) is 2.42. The minimum atomic E-state index is -0.450. The largest absolute Gasteiger partial charge is 0.339 e. The summed E-state index contributed by atoms with van der Waals surface area (Å²) in [6.07, 6.45) is 2.02. The Labute approximate surface area is 103 Å². The smallest absolute Gasteiger partial charge is 0.257 e. The van der Waals surface area contributed by atoms with Gasteiger partial charge in [0.1, 0.15) is 5.82 Å². The number of halogens is 2. The quantitative estimate of drug-likeness (QED) is 0.776. The molecule has 0 unspecified atom stereocenters. The van der Waals surface area contributed by atoms with Gasteiger partial charge in [-0.15, -0.1) is 0 Å². The van der Waals surface area contributed by atoms with Gasteiger partial charge in [0.25, 0.3) is 5.91 Å². The van der Waals surface area contributed by atoms with Crippen LogP contribution in [-0.4, -0.2) is 23.9 Å². The van der Waals surface area contributed by atoms with Gasteiger partial charge < -0.3 is 4.90 Å². The van der Waals surface area contributed by atoms with Crippen LogP contribution in [0, 0.1) is 12.7 Å². The lowest BCUT2D eigenvalue weighted by atomic mass is 10.1. The van der Waals surface area contributed by atoms with Gasteiger partial charge in [0.2, 0.25) is 0 Å². The molecule has 0 radical (unpaired) electrons. The van der Waals surface area contributed by atoms with E-state index in [1.807, 2.05) is 6.92 Å². The van der Waals surface area contributed by atoms with Crippen LogP contribution in [0.15, 0.2) is 16.6 Å². The molecule has 4 heteroatoms. The van der Waals surface area contributed by atoms with Crippen molar-refractivity contribution in [3.8, 4) is 0 Å². The predicted octanol–water partition coefficient (Wildman–Crippen LogP) is 3.13. The highest BCUT2D eigenvalue weighted by atomic mass is 79.9. The number of nitrogens with zero attached hydrogens (tertiary/aromatic N) is 1. The van der Waals surface area contributed by atoms with Crippen LogP contribution < -0.4 is 0 Å². The second-order valence-corrected chi connectivity index (χ2v) is 4.85. The molecule has 1 aromatic carbocycles. The van der Waals surface area contributed by atoms with Crippen molar-refractivity contribution in [3.05, 3.63) is 33.5 Å². The summed E-state index contributed by atoms with van der Waals surface area (Å²) in [5, 5.41) is 0. The zero-order valence-corrected chi connectivity index (χ0v) is 10.7. The normalized spacial score (nSPS) is 15.6. The lowest BCUT2D eigenvalue weighted by Crippen LogP contribution is -2.28. The van der Waals surface area contributed by atoms with Crippen LogP contribution >= 0.6 is 15.9 Å². The van der Waals surface area contributed by atoms with E-state index in [1.165, 1.54) is 6.07 Å². The Balaban J connectivity index is 2.39. The maximum absolute atomic E-state index is 13.7. The van der Waals surface area contributed by atoms with E-state index in [2.05, 4.69) is 15.9 Å². The number of carbonyl (C=O) groups is 1. The molecule has 1 aromatic rings. The zero-order chi connectivity index (χ0) is 11.7. The van der Waals surface area contributed by atoms with Crippen LogP contribution in [0.5, 0.6) is 0 Å². The Morgan fingerprint density at radius 3 is 2.62 bits per heavy atom. The van der Waals surface area contributed by atoms with E-state index in [-0.39, 0.29) is 11.5 Å². The molecule has 0 N–H and O–H groups in total. The van der Waals surface area contributed by atoms with Crippen LogP contribution in [0.25, 0.3) is 0 Å². The molecule has 1 saturated heterocycles. The van der Waals surface area contributed by atoms with Gasteiger partial charge in [-0.2, -0.15) is 0 Å². The first-order valence-electron chi connectivity index (χ1n) is 5.35. The molecule has 1 fully saturated rings. The van der Waals surface area contributed by atoms with E-state index in [4.69, 9.17) is 0 Å². The van der Waals surface area contributed by atoms with Crippen molar-refractivity contribution in [2.75, 3.05) is 13.1 Å². The third-order valence-corrected chi connectivity index (χ3v) is 3.91. The molecule has 0 aromatic heterocycles. The number of rotatable bonds is 1. The van der Waals surface area contributed by atoms with Gasteiger partial charge in [0, 0.05) is 17.6 Å². The molecular weight excluding hydrogens is 273 g/mol. The molecule has 16 heavy (non-hydrogen) atoms. The summed E-state index contributed by atoms with van der Waals surface area (Å²) in [4.78, 5) is 13.8. The van der Waals surface area contributed by atoms with E-state index in [1.54, 1.807) is 11.0 Å². The van der Waals surface area contributed by atoms with Crippen molar-refractivity contribution in [1.29, 1.82) is 0 Å². The Morgan fingerprint density at radius 2 is 2.00 bits per heavy atom. The highest BCUT2D eigenvalue weighted by molar-refractivity contribution is 9.10. The first-order valence-corrected chi connectivity index (χ1v) is 6.14. The maximum Gasteiger partial charge on any atom is 0.257 e. The number of hydrogen-bond acceptors (Lipinski definition) is 1. The third-order valence-electron chi connectivity index (χ3n) is 2.89. The molecule has 2 rings (SSSR count). The van der Waals surface area contributed by atoms with Crippen molar-refractivity contribution in [2.45, 2.75) is 19.8 Å². The van der Waals surface area contributed by atoms with Gasteiger partial charge in [-0.3, -0.25) is 4.79 Å². The second-order valence-electron chi connectivity index (χ2n) is 4.05. The highest BCUT2D eigenvalue weighted by Crippen LogP contribution is 2.26. The van der Waals surface area contributed by atoms with Crippen LogP contribution in [-0.2, 0) is 0 Å². The molecule has 0 bridgehead atoms.